The molecule has 5 nitrogen and oxygen atoms in total. The highest BCUT2D eigenvalue weighted by atomic mass is 79.9. The zero-order chi connectivity index (χ0) is 13.1. The zero-order valence-corrected chi connectivity index (χ0v) is 10.8. The third-order valence-electron chi connectivity index (χ3n) is 2.32. The molecular weight excluding hydrogens is 302 g/mol. The Bertz CT molecular complexity index is 542. The van der Waals surface area contributed by atoms with Crippen molar-refractivity contribution in [2.75, 3.05) is 0 Å². The molecule has 2 rings (SSSR count). The van der Waals surface area contributed by atoms with Crippen LogP contribution in [0.15, 0.2) is 36.4 Å². The fourth-order valence-electron chi connectivity index (χ4n) is 1.36. The van der Waals surface area contributed by atoms with Gasteiger partial charge in [-0.3, -0.25) is 0 Å². The van der Waals surface area contributed by atoms with Crippen LogP contribution in [0.25, 0.3) is 0 Å². The number of carbonyl (C=O) groups is 1. The Kier molecular flexibility index (Phi) is 3.57. The number of nitrogens with zero attached hydrogens (tertiary/aromatic N) is 1. The van der Waals surface area contributed by atoms with E-state index < -0.39 is 5.97 Å². The molecule has 0 aliphatic rings. The average Bonchev–Trinajstić information content (AvgIpc) is 2.70. The van der Waals surface area contributed by atoms with Gasteiger partial charge in [0.2, 0.25) is 11.8 Å². The van der Waals surface area contributed by atoms with Crippen LogP contribution in [0.3, 0.4) is 0 Å². The molecule has 0 atom stereocenters. The van der Waals surface area contributed by atoms with Crippen LogP contribution in [0.2, 0.25) is 0 Å². The minimum atomic E-state index is -0.669. The molecule has 2 N–H and O–H groups in total. The molecule has 0 bridgehead atoms. The molecule has 94 valence electrons. The molecule has 0 spiro atoms. The van der Waals surface area contributed by atoms with Gasteiger partial charge >= 0.3 is 5.97 Å². The first-order chi connectivity index (χ1) is 8.61. The van der Waals surface area contributed by atoms with E-state index in [-0.39, 0.29) is 11.8 Å². The number of alkyl halides is 1. The van der Waals surface area contributed by atoms with E-state index in [9.17, 15) is 15.0 Å². The van der Waals surface area contributed by atoms with Gasteiger partial charge in [-0.1, -0.05) is 28.1 Å². The van der Waals surface area contributed by atoms with Crippen LogP contribution in [0.5, 0.6) is 11.8 Å². The second kappa shape index (κ2) is 5.14. The first kappa shape index (κ1) is 12.5. The van der Waals surface area contributed by atoms with E-state index in [1.807, 2.05) is 0 Å². The molecule has 1 aromatic carbocycles. The van der Waals surface area contributed by atoms with Crippen molar-refractivity contribution in [3.8, 4) is 11.8 Å². The van der Waals surface area contributed by atoms with Crippen LogP contribution in [-0.2, 0) is 5.33 Å². The fraction of sp³-hybridized carbons (Fsp3) is 0.0833. The number of halogens is 1. The number of hydrogen-bond acceptors (Lipinski definition) is 4. The van der Waals surface area contributed by atoms with Crippen LogP contribution in [0.1, 0.15) is 15.9 Å². The minimum Gasteiger partial charge on any atom is -0.492 e. The predicted octanol–water partition coefficient (Wildman–Crippen LogP) is 2.06. The second-order valence-corrected chi connectivity index (χ2v) is 4.11. The summed E-state index contributed by atoms with van der Waals surface area (Å²) in [6, 6.07) is 9.21. The third kappa shape index (κ3) is 2.48. The molecule has 0 aliphatic heterocycles. The second-order valence-electron chi connectivity index (χ2n) is 3.55. The third-order valence-corrected chi connectivity index (χ3v) is 2.96. The summed E-state index contributed by atoms with van der Waals surface area (Å²) in [4.78, 5) is 16.6. The molecule has 1 aromatic heterocycles. The van der Waals surface area contributed by atoms with E-state index in [2.05, 4.69) is 15.9 Å². The summed E-state index contributed by atoms with van der Waals surface area (Å²) in [5.74, 6) is -1.37. The van der Waals surface area contributed by atoms with E-state index in [1.165, 1.54) is 12.1 Å². The quantitative estimate of drug-likeness (QED) is 0.851. The van der Waals surface area contributed by atoms with Gasteiger partial charge in [-0.15, -0.1) is 4.73 Å². The Morgan fingerprint density at radius 3 is 2.17 bits per heavy atom. The molecule has 0 unspecified atom stereocenters. The summed E-state index contributed by atoms with van der Waals surface area (Å²) in [6.07, 6.45) is 0. The van der Waals surface area contributed by atoms with Gasteiger partial charge in [0, 0.05) is 17.5 Å². The zero-order valence-electron chi connectivity index (χ0n) is 9.21. The van der Waals surface area contributed by atoms with Crippen LogP contribution in [-0.4, -0.2) is 20.9 Å². The van der Waals surface area contributed by atoms with Gasteiger partial charge in [-0.25, -0.2) is 4.79 Å². The maximum absolute atomic E-state index is 11.7. The van der Waals surface area contributed by atoms with Crippen molar-refractivity contribution in [3.63, 3.8) is 0 Å². The Morgan fingerprint density at radius 2 is 1.67 bits per heavy atom. The number of aromatic hydroxyl groups is 2. The van der Waals surface area contributed by atoms with Crippen molar-refractivity contribution in [3.05, 3.63) is 47.5 Å². The Hall–Kier alpha value is -1.95. The van der Waals surface area contributed by atoms with Crippen LogP contribution in [0, 0.1) is 0 Å². The number of aromatic nitrogens is 1. The van der Waals surface area contributed by atoms with E-state index in [1.54, 1.807) is 24.3 Å². The molecule has 0 radical (unpaired) electrons. The minimum absolute atomic E-state index is 0.326. The van der Waals surface area contributed by atoms with E-state index in [0.717, 1.165) is 5.56 Å². The number of carbonyl (C=O) groups excluding carboxylic acids is 1. The summed E-state index contributed by atoms with van der Waals surface area (Å²) in [7, 11) is 0. The predicted molar refractivity (Wildman–Crippen MR) is 67.7 cm³/mol. The van der Waals surface area contributed by atoms with E-state index in [4.69, 9.17) is 4.84 Å². The van der Waals surface area contributed by atoms with Gasteiger partial charge in [0.15, 0.2) is 0 Å². The average molecular weight is 312 g/mol. The number of hydrogen-bond donors (Lipinski definition) is 2. The highest BCUT2D eigenvalue weighted by Gasteiger charge is 2.13. The van der Waals surface area contributed by atoms with E-state index >= 15 is 0 Å². The van der Waals surface area contributed by atoms with Gasteiger partial charge in [0.1, 0.15) is 0 Å². The van der Waals surface area contributed by atoms with Crippen molar-refractivity contribution in [1.29, 1.82) is 0 Å². The van der Waals surface area contributed by atoms with Crippen molar-refractivity contribution in [1.82, 2.24) is 4.73 Å². The largest absolute Gasteiger partial charge is 0.492 e. The van der Waals surface area contributed by atoms with Gasteiger partial charge in [-0.2, -0.15) is 0 Å². The lowest BCUT2D eigenvalue weighted by atomic mass is 10.2. The van der Waals surface area contributed by atoms with E-state index in [0.29, 0.717) is 15.6 Å². The smallest absolute Gasteiger partial charge is 0.363 e. The molecule has 1 heterocycles. The van der Waals surface area contributed by atoms with Crippen molar-refractivity contribution < 1.29 is 19.8 Å². The summed E-state index contributed by atoms with van der Waals surface area (Å²) in [6.45, 7) is 0. The molecule has 0 aliphatic carbocycles. The lowest BCUT2D eigenvalue weighted by Gasteiger charge is -2.07. The topological polar surface area (TPSA) is 71.7 Å². The SMILES string of the molecule is O=C(On1c(O)ccc1O)c1ccc(CBr)cc1. The number of benzene rings is 1. The molecule has 18 heavy (non-hydrogen) atoms. The summed E-state index contributed by atoms with van der Waals surface area (Å²) < 4.78 is 0.654. The maximum atomic E-state index is 11.7. The fourth-order valence-corrected chi connectivity index (χ4v) is 1.73. The highest BCUT2D eigenvalue weighted by molar-refractivity contribution is 9.08. The summed E-state index contributed by atoms with van der Waals surface area (Å²) >= 11 is 3.30. The standard InChI is InChI=1S/C12H10BrNO4/c13-7-8-1-3-9(4-2-8)12(17)18-14-10(15)5-6-11(14)16/h1-6,15-16H,7H2. The Balaban J connectivity index is 2.17. The molecule has 6 heteroatoms. The van der Waals surface area contributed by atoms with Crippen LogP contribution >= 0.6 is 15.9 Å². The van der Waals surface area contributed by atoms with Crippen molar-refractivity contribution in [2.24, 2.45) is 0 Å². The Labute approximate surface area is 111 Å². The van der Waals surface area contributed by atoms with Crippen LogP contribution in [0.4, 0.5) is 0 Å². The van der Waals surface area contributed by atoms with Gasteiger partial charge in [-0.05, 0) is 17.7 Å². The lowest BCUT2D eigenvalue weighted by molar-refractivity contribution is 0.0382. The first-order valence-electron chi connectivity index (χ1n) is 5.09. The van der Waals surface area contributed by atoms with Gasteiger partial charge < -0.3 is 15.1 Å². The van der Waals surface area contributed by atoms with Crippen molar-refractivity contribution in [2.45, 2.75) is 5.33 Å². The Morgan fingerprint density at radius 1 is 1.11 bits per heavy atom. The first-order valence-corrected chi connectivity index (χ1v) is 6.21. The maximum Gasteiger partial charge on any atom is 0.363 e. The monoisotopic (exact) mass is 311 g/mol. The molecule has 0 saturated heterocycles. The molecule has 0 fully saturated rings. The van der Waals surface area contributed by atoms with Crippen LogP contribution < -0.4 is 4.84 Å². The summed E-state index contributed by atoms with van der Waals surface area (Å²) in [5.41, 5.74) is 1.35. The van der Waals surface area contributed by atoms with Crippen molar-refractivity contribution >= 4 is 21.9 Å². The molecular formula is C12H10BrNO4. The normalized spacial score (nSPS) is 10.3. The summed E-state index contributed by atoms with van der Waals surface area (Å²) in [5, 5.41) is 19.4. The lowest BCUT2D eigenvalue weighted by Crippen LogP contribution is -2.19. The molecule has 0 amide bonds. The molecule has 0 saturated carbocycles. The van der Waals surface area contributed by atoms with Gasteiger partial charge in [0.25, 0.3) is 0 Å². The number of rotatable bonds is 3. The van der Waals surface area contributed by atoms with Gasteiger partial charge in [0.05, 0.1) is 5.56 Å². The highest BCUT2D eigenvalue weighted by Crippen LogP contribution is 2.19. The molecule has 2 aromatic rings.